The molecule has 2 aliphatic rings. The summed E-state index contributed by atoms with van der Waals surface area (Å²) in [6.07, 6.45) is 4.63. The first-order valence-corrected chi connectivity index (χ1v) is 8.82. The second-order valence-corrected chi connectivity index (χ2v) is 6.66. The van der Waals surface area contributed by atoms with E-state index in [1.54, 1.807) is 0 Å². The van der Waals surface area contributed by atoms with Gasteiger partial charge < -0.3 is 5.32 Å². The van der Waals surface area contributed by atoms with E-state index in [-0.39, 0.29) is 42.5 Å². The highest BCUT2D eigenvalue weighted by Crippen LogP contribution is 2.37. The molecule has 2 atom stereocenters. The van der Waals surface area contributed by atoms with Gasteiger partial charge in [-0.3, -0.25) is 19.3 Å². The molecule has 0 bridgehead atoms. The fourth-order valence-corrected chi connectivity index (χ4v) is 3.74. The van der Waals surface area contributed by atoms with Crippen LogP contribution in [-0.4, -0.2) is 35.7 Å². The maximum absolute atomic E-state index is 12.3. The Kier molecular flexibility index (Phi) is 5.28. The van der Waals surface area contributed by atoms with E-state index in [0.717, 1.165) is 32.1 Å². The molecule has 1 aliphatic heterocycles. The first-order valence-electron chi connectivity index (χ1n) is 8.82. The van der Waals surface area contributed by atoms with Crippen molar-refractivity contribution in [1.82, 2.24) is 10.2 Å². The molecule has 0 unspecified atom stereocenters. The van der Waals surface area contributed by atoms with Crippen LogP contribution < -0.4 is 5.32 Å². The maximum atomic E-state index is 12.3. The van der Waals surface area contributed by atoms with Crippen molar-refractivity contribution < 1.29 is 14.4 Å². The number of hydrogen-bond donors (Lipinski definition) is 1. The zero-order valence-electron chi connectivity index (χ0n) is 13.9. The average Bonchev–Trinajstić information content (AvgIpc) is 2.85. The van der Waals surface area contributed by atoms with Crippen LogP contribution >= 0.6 is 0 Å². The quantitative estimate of drug-likeness (QED) is 0.811. The molecule has 5 heteroatoms. The normalized spacial score (nSPS) is 23.2. The summed E-state index contributed by atoms with van der Waals surface area (Å²) in [6.45, 7) is 0.776. The number of carbonyl (C=O) groups excluding carboxylic acids is 3. The Balaban J connectivity index is 1.42. The molecule has 5 nitrogen and oxygen atoms in total. The summed E-state index contributed by atoms with van der Waals surface area (Å²) in [5.41, 5.74) is 1.17. The van der Waals surface area contributed by atoms with Crippen LogP contribution in [0.2, 0.25) is 0 Å². The second kappa shape index (κ2) is 7.60. The maximum Gasteiger partial charge on any atom is 0.233 e. The van der Waals surface area contributed by atoms with Gasteiger partial charge in [-0.15, -0.1) is 0 Å². The fraction of sp³-hybridized carbons (Fsp3) is 0.526. The van der Waals surface area contributed by atoms with Crippen molar-refractivity contribution >= 4 is 17.7 Å². The van der Waals surface area contributed by atoms with Crippen molar-refractivity contribution in [2.45, 2.75) is 38.5 Å². The summed E-state index contributed by atoms with van der Waals surface area (Å²) in [5.74, 6) is -0.509. The molecular weight excluding hydrogens is 304 g/mol. The zero-order chi connectivity index (χ0) is 16.9. The Morgan fingerprint density at radius 3 is 2.29 bits per heavy atom. The number of carbonyl (C=O) groups is 3. The molecule has 0 aromatic heterocycles. The van der Waals surface area contributed by atoms with Gasteiger partial charge in [-0.1, -0.05) is 43.2 Å². The summed E-state index contributed by atoms with van der Waals surface area (Å²) in [5, 5.41) is 2.86. The lowest BCUT2D eigenvalue weighted by atomic mass is 9.81. The van der Waals surface area contributed by atoms with Gasteiger partial charge in [-0.2, -0.15) is 0 Å². The van der Waals surface area contributed by atoms with Gasteiger partial charge in [0, 0.05) is 19.5 Å². The molecule has 3 rings (SSSR count). The van der Waals surface area contributed by atoms with Crippen LogP contribution in [0, 0.1) is 11.8 Å². The summed E-state index contributed by atoms with van der Waals surface area (Å²) in [4.78, 5) is 37.9. The molecule has 1 heterocycles. The van der Waals surface area contributed by atoms with Crippen molar-refractivity contribution in [1.29, 1.82) is 0 Å². The lowest BCUT2D eigenvalue weighted by Crippen LogP contribution is -2.35. The highest BCUT2D eigenvalue weighted by molar-refractivity contribution is 6.05. The van der Waals surface area contributed by atoms with Crippen molar-refractivity contribution in [3.05, 3.63) is 35.9 Å². The number of fused-ring (bicyclic) bond motifs is 1. The van der Waals surface area contributed by atoms with Crippen molar-refractivity contribution in [3.63, 3.8) is 0 Å². The number of imide groups is 1. The molecular formula is C19H24N2O3. The summed E-state index contributed by atoms with van der Waals surface area (Å²) < 4.78 is 0. The number of likely N-dealkylation sites (tertiary alicyclic amines) is 1. The van der Waals surface area contributed by atoms with Gasteiger partial charge >= 0.3 is 0 Å². The van der Waals surface area contributed by atoms with Crippen LogP contribution in [0.4, 0.5) is 0 Å². The topological polar surface area (TPSA) is 66.5 Å². The fourth-order valence-electron chi connectivity index (χ4n) is 3.74. The van der Waals surface area contributed by atoms with E-state index in [9.17, 15) is 14.4 Å². The third-order valence-electron chi connectivity index (χ3n) is 5.07. The first-order chi connectivity index (χ1) is 11.7. The van der Waals surface area contributed by atoms with Crippen LogP contribution in [0.3, 0.4) is 0 Å². The van der Waals surface area contributed by atoms with E-state index in [2.05, 4.69) is 5.32 Å². The molecule has 1 aliphatic carbocycles. The lowest BCUT2D eigenvalue weighted by Gasteiger charge is -2.19. The summed E-state index contributed by atoms with van der Waals surface area (Å²) in [6, 6.07) is 9.96. The molecule has 1 N–H and O–H groups in total. The van der Waals surface area contributed by atoms with Gasteiger partial charge in [0.1, 0.15) is 0 Å². The summed E-state index contributed by atoms with van der Waals surface area (Å²) >= 11 is 0. The number of rotatable bonds is 6. The van der Waals surface area contributed by atoms with E-state index < -0.39 is 0 Å². The third kappa shape index (κ3) is 3.66. The first kappa shape index (κ1) is 16.7. The van der Waals surface area contributed by atoms with Crippen LogP contribution in [-0.2, 0) is 20.8 Å². The Morgan fingerprint density at radius 2 is 1.67 bits per heavy atom. The highest BCUT2D eigenvalue weighted by atomic mass is 16.2. The zero-order valence-corrected chi connectivity index (χ0v) is 13.9. The van der Waals surface area contributed by atoms with E-state index >= 15 is 0 Å². The molecule has 2 fully saturated rings. The van der Waals surface area contributed by atoms with Gasteiger partial charge in [-0.05, 0) is 24.8 Å². The Labute approximate surface area is 142 Å². The number of amides is 3. The number of hydrogen-bond acceptors (Lipinski definition) is 3. The molecule has 128 valence electrons. The minimum Gasteiger partial charge on any atom is -0.356 e. The van der Waals surface area contributed by atoms with Crippen LogP contribution in [0.25, 0.3) is 0 Å². The lowest BCUT2D eigenvalue weighted by molar-refractivity contribution is -0.140. The molecule has 3 amide bonds. The highest BCUT2D eigenvalue weighted by Gasteiger charge is 2.47. The summed E-state index contributed by atoms with van der Waals surface area (Å²) in [7, 11) is 0. The van der Waals surface area contributed by atoms with Crippen LogP contribution in [0.15, 0.2) is 30.3 Å². The molecule has 1 aromatic carbocycles. The molecule has 0 radical (unpaired) electrons. The van der Waals surface area contributed by atoms with E-state index in [1.807, 2.05) is 30.3 Å². The van der Waals surface area contributed by atoms with Crippen molar-refractivity contribution in [2.75, 3.05) is 13.1 Å². The van der Waals surface area contributed by atoms with E-state index in [4.69, 9.17) is 0 Å². The van der Waals surface area contributed by atoms with Gasteiger partial charge in [0.15, 0.2) is 0 Å². The van der Waals surface area contributed by atoms with Gasteiger partial charge in [0.25, 0.3) is 0 Å². The second-order valence-electron chi connectivity index (χ2n) is 6.66. The number of nitrogens with one attached hydrogen (secondary N) is 1. The van der Waals surface area contributed by atoms with Crippen molar-refractivity contribution in [2.24, 2.45) is 11.8 Å². The Hall–Kier alpha value is -2.17. The largest absolute Gasteiger partial charge is 0.356 e. The standard InChI is InChI=1S/C19H24N2O3/c22-17(20-12-10-14-6-2-1-3-7-14)11-13-21-18(23)15-8-4-5-9-16(15)19(21)24/h1-3,6-7,15-16H,4-5,8-13H2,(H,20,22)/t15-,16-/m0/s1. The number of benzene rings is 1. The predicted molar refractivity (Wildman–Crippen MR) is 89.9 cm³/mol. The molecule has 24 heavy (non-hydrogen) atoms. The van der Waals surface area contributed by atoms with Crippen LogP contribution in [0.5, 0.6) is 0 Å². The van der Waals surface area contributed by atoms with Gasteiger partial charge in [0.05, 0.1) is 11.8 Å². The minimum absolute atomic E-state index is 0.0678. The monoisotopic (exact) mass is 328 g/mol. The predicted octanol–water partition coefficient (Wildman–Crippen LogP) is 1.91. The minimum atomic E-state index is -0.132. The molecule has 1 aromatic rings. The third-order valence-corrected chi connectivity index (χ3v) is 5.07. The Bertz CT molecular complexity index is 590. The van der Waals surface area contributed by atoms with Gasteiger partial charge in [-0.25, -0.2) is 0 Å². The van der Waals surface area contributed by atoms with Gasteiger partial charge in [0.2, 0.25) is 17.7 Å². The smallest absolute Gasteiger partial charge is 0.233 e. The number of nitrogens with zero attached hydrogens (tertiary/aromatic N) is 1. The molecule has 1 saturated heterocycles. The molecule has 0 spiro atoms. The Morgan fingerprint density at radius 1 is 1.04 bits per heavy atom. The van der Waals surface area contributed by atoms with Crippen molar-refractivity contribution in [3.8, 4) is 0 Å². The SMILES string of the molecule is O=C(CCN1C(=O)[C@H]2CCCC[C@@H]2C1=O)NCCc1ccccc1. The average molecular weight is 328 g/mol. The van der Waals surface area contributed by atoms with Crippen LogP contribution in [0.1, 0.15) is 37.7 Å². The molecule has 1 saturated carbocycles. The van der Waals surface area contributed by atoms with E-state index in [1.165, 1.54) is 10.5 Å². The van der Waals surface area contributed by atoms with E-state index in [0.29, 0.717) is 6.54 Å².